The van der Waals surface area contributed by atoms with Crippen LogP contribution in [-0.4, -0.2) is 95.5 Å². The number of likely N-dealkylation sites (N-methyl/N-ethyl adjacent to an activating group) is 1. The summed E-state index contributed by atoms with van der Waals surface area (Å²) in [4.78, 5) is 33.3. The van der Waals surface area contributed by atoms with Gasteiger partial charge in [-0.05, 0) is 61.0 Å². The Kier molecular flexibility index (Phi) is 14.5. The minimum atomic E-state index is -5.08. The Balaban J connectivity index is 0.000000479. The summed E-state index contributed by atoms with van der Waals surface area (Å²) in [5.41, 5.74) is 3.54. The van der Waals surface area contributed by atoms with Crippen molar-refractivity contribution in [2.45, 2.75) is 32.6 Å². The number of aliphatic carboxylic acids is 2. The summed E-state index contributed by atoms with van der Waals surface area (Å²) in [5, 5.41) is 24.2. The average molecular weight is 693 g/mol. The van der Waals surface area contributed by atoms with Gasteiger partial charge in [0, 0.05) is 18.3 Å². The second-order valence-electron chi connectivity index (χ2n) is 9.85. The summed E-state index contributed by atoms with van der Waals surface area (Å²) in [5.74, 6) is -3.73. The van der Waals surface area contributed by atoms with Gasteiger partial charge in [-0.3, -0.25) is 9.89 Å². The lowest BCUT2D eigenvalue weighted by Crippen LogP contribution is -2.33. The van der Waals surface area contributed by atoms with Crippen LogP contribution in [0.3, 0.4) is 0 Å². The van der Waals surface area contributed by atoms with Gasteiger partial charge in [0.05, 0.1) is 24.9 Å². The van der Waals surface area contributed by atoms with Crippen LogP contribution in [0.2, 0.25) is 0 Å². The number of methoxy groups -OCH3 is 1. The molecule has 264 valence electrons. The number of carboxylic acid groups (broad SMARTS) is 2. The molecule has 4 rings (SSSR count). The minimum absolute atomic E-state index is 0.0990. The molecular formula is C30H34F6N4O8. The van der Waals surface area contributed by atoms with Crippen molar-refractivity contribution in [2.75, 3.05) is 45.3 Å². The molecule has 12 nitrogen and oxygen atoms in total. The number of carboxylic acids is 2. The van der Waals surface area contributed by atoms with Crippen molar-refractivity contribution in [3.05, 3.63) is 54.4 Å². The molecule has 2 aromatic carbocycles. The molecule has 4 N–H and O–H groups in total. The first-order valence-corrected chi connectivity index (χ1v) is 14.2. The highest BCUT2D eigenvalue weighted by Crippen LogP contribution is 2.34. The number of benzene rings is 2. The predicted octanol–water partition coefficient (Wildman–Crippen LogP) is 5.26. The maximum absolute atomic E-state index is 13.2. The normalized spacial score (nSPS) is 13.8. The number of ether oxygens (including phenoxy) is 3. The zero-order valence-corrected chi connectivity index (χ0v) is 25.9. The number of carbonyl (C=O) groups excluding carboxylic acids is 1. The molecule has 0 fully saturated rings. The summed E-state index contributed by atoms with van der Waals surface area (Å²) in [6.45, 7) is 7.86. The number of hydrogen-bond acceptors (Lipinski definition) is 8. The first-order valence-electron chi connectivity index (χ1n) is 14.2. The van der Waals surface area contributed by atoms with Gasteiger partial charge in [0.15, 0.2) is 0 Å². The molecule has 2 heterocycles. The number of nitrogens with zero attached hydrogens (tertiary/aromatic N) is 2. The number of halogens is 6. The molecule has 0 saturated heterocycles. The Labute approximate surface area is 270 Å². The highest BCUT2D eigenvalue weighted by Gasteiger charge is 2.39. The van der Waals surface area contributed by atoms with E-state index in [2.05, 4.69) is 34.3 Å². The van der Waals surface area contributed by atoms with Crippen LogP contribution in [-0.2, 0) is 20.8 Å². The van der Waals surface area contributed by atoms with Gasteiger partial charge < -0.3 is 34.6 Å². The van der Waals surface area contributed by atoms with Crippen LogP contribution in [0.25, 0.3) is 11.1 Å². The second-order valence-corrected chi connectivity index (χ2v) is 9.85. The number of hydrogen-bond donors (Lipinski definition) is 4. The Bertz CT molecular complexity index is 1470. The van der Waals surface area contributed by atoms with Crippen LogP contribution in [0.1, 0.15) is 19.4 Å². The van der Waals surface area contributed by atoms with Crippen LogP contribution in [0.4, 0.5) is 32.0 Å². The number of aromatic amines is 1. The third-order valence-electron chi connectivity index (χ3n) is 6.66. The van der Waals surface area contributed by atoms with Gasteiger partial charge in [-0.25, -0.2) is 9.59 Å². The fourth-order valence-electron chi connectivity index (χ4n) is 4.06. The van der Waals surface area contributed by atoms with Gasteiger partial charge in [-0.2, -0.15) is 31.4 Å². The number of aromatic nitrogens is 2. The third-order valence-corrected chi connectivity index (χ3v) is 6.66. The highest BCUT2D eigenvalue weighted by atomic mass is 19.4. The Morgan fingerprint density at radius 3 is 2.15 bits per heavy atom. The van der Waals surface area contributed by atoms with Crippen LogP contribution < -0.4 is 19.5 Å². The summed E-state index contributed by atoms with van der Waals surface area (Å²) in [7, 11) is 1.63. The van der Waals surface area contributed by atoms with Crippen LogP contribution in [0, 0.1) is 5.92 Å². The molecule has 0 bridgehead atoms. The second kappa shape index (κ2) is 17.8. The van der Waals surface area contributed by atoms with Crippen molar-refractivity contribution in [1.82, 2.24) is 15.1 Å². The summed E-state index contributed by atoms with van der Waals surface area (Å²) in [6.07, 6.45) is -5.99. The molecule has 0 saturated carbocycles. The molecule has 1 aliphatic rings. The summed E-state index contributed by atoms with van der Waals surface area (Å²) >= 11 is 0. The minimum Gasteiger partial charge on any atom is -0.497 e. The van der Waals surface area contributed by atoms with E-state index in [1.54, 1.807) is 13.3 Å². The van der Waals surface area contributed by atoms with E-state index in [4.69, 9.17) is 34.0 Å². The fraction of sp³-hybridized carbons (Fsp3) is 0.400. The first kappa shape index (κ1) is 39.2. The molecule has 0 aliphatic carbocycles. The summed E-state index contributed by atoms with van der Waals surface area (Å²) < 4.78 is 80.8. The maximum Gasteiger partial charge on any atom is 0.490 e. The highest BCUT2D eigenvalue weighted by molar-refractivity contribution is 5.95. The van der Waals surface area contributed by atoms with Crippen molar-refractivity contribution < 1.29 is 65.1 Å². The molecule has 1 aromatic heterocycles. The van der Waals surface area contributed by atoms with Crippen molar-refractivity contribution in [3.8, 4) is 28.4 Å². The molecule has 1 unspecified atom stereocenters. The van der Waals surface area contributed by atoms with E-state index >= 15 is 0 Å². The lowest BCUT2D eigenvalue weighted by molar-refractivity contribution is -0.193. The number of fused-ring (bicyclic) bond motifs is 1. The monoisotopic (exact) mass is 692 g/mol. The maximum atomic E-state index is 13.2. The predicted molar refractivity (Wildman–Crippen MR) is 159 cm³/mol. The van der Waals surface area contributed by atoms with Gasteiger partial charge >= 0.3 is 24.3 Å². The standard InChI is InChI=1S/C26H32N4O4.2C2HF3O2/c1-4-30(5-2)10-11-33-25-14-18(21-15-27-28-16-21)6-8-23(25)29-26(31)20-12-19-13-22(32-3)7-9-24(19)34-17-20;2*3-2(4,5)1(6)7/h6-9,13-16,20H,4-5,10-12,17H2,1-3H3,(H,27,28)(H,29,31);2*(H,6,7). The van der Waals surface area contributed by atoms with E-state index in [0.29, 0.717) is 31.1 Å². The Morgan fingerprint density at radius 2 is 1.62 bits per heavy atom. The number of carbonyl (C=O) groups is 3. The summed E-state index contributed by atoms with van der Waals surface area (Å²) in [6, 6.07) is 11.5. The average Bonchev–Trinajstić information content (AvgIpc) is 3.58. The molecule has 0 radical (unpaired) electrons. The molecule has 48 heavy (non-hydrogen) atoms. The van der Waals surface area contributed by atoms with Crippen LogP contribution in [0.5, 0.6) is 17.2 Å². The number of nitrogens with one attached hydrogen (secondary N) is 2. The smallest absolute Gasteiger partial charge is 0.490 e. The number of rotatable bonds is 10. The number of amides is 1. The molecule has 1 aliphatic heterocycles. The van der Waals surface area contributed by atoms with E-state index < -0.39 is 24.3 Å². The fourth-order valence-corrected chi connectivity index (χ4v) is 4.06. The SMILES string of the molecule is CCN(CC)CCOc1cc(-c2cn[nH]c2)ccc1NC(=O)C1COc2ccc(OC)cc2C1.O=C(O)C(F)(F)F.O=C(O)C(F)(F)F. The molecule has 3 aromatic rings. The van der Waals surface area contributed by atoms with Gasteiger partial charge in [0.1, 0.15) is 30.5 Å². The topological polar surface area (TPSA) is 163 Å². The zero-order chi connectivity index (χ0) is 36.1. The van der Waals surface area contributed by atoms with Crippen molar-refractivity contribution >= 4 is 23.5 Å². The van der Waals surface area contributed by atoms with E-state index in [0.717, 1.165) is 47.8 Å². The van der Waals surface area contributed by atoms with Crippen LogP contribution >= 0.6 is 0 Å². The quantitative estimate of drug-likeness (QED) is 0.206. The van der Waals surface area contributed by atoms with E-state index in [-0.39, 0.29) is 11.8 Å². The van der Waals surface area contributed by atoms with Crippen molar-refractivity contribution in [2.24, 2.45) is 5.92 Å². The zero-order valence-electron chi connectivity index (χ0n) is 25.9. The van der Waals surface area contributed by atoms with Gasteiger partial charge in [0.25, 0.3) is 0 Å². The van der Waals surface area contributed by atoms with Crippen molar-refractivity contribution in [3.63, 3.8) is 0 Å². The van der Waals surface area contributed by atoms with E-state index in [1.807, 2.05) is 42.6 Å². The first-order chi connectivity index (χ1) is 22.5. The molecular weight excluding hydrogens is 658 g/mol. The molecule has 18 heteroatoms. The number of alkyl halides is 6. The number of anilines is 1. The molecule has 0 spiro atoms. The Hall–Kier alpha value is -5.00. The van der Waals surface area contributed by atoms with Crippen molar-refractivity contribution in [1.29, 1.82) is 0 Å². The Morgan fingerprint density at radius 1 is 1.00 bits per heavy atom. The molecule has 1 atom stereocenters. The third kappa shape index (κ3) is 12.3. The van der Waals surface area contributed by atoms with Gasteiger partial charge in [-0.1, -0.05) is 19.9 Å². The lowest BCUT2D eigenvalue weighted by Gasteiger charge is -2.25. The number of H-pyrrole nitrogens is 1. The van der Waals surface area contributed by atoms with Gasteiger partial charge in [0.2, 0.25) is 5.91 Å². The molecule has 1 amide bonds. The van der Waals surface area contributed by atoms with Gasteiger partial charge in [-0.15, -0.1) is 0 Å². The van der Waals surface area contributed by atoms with E-state index in [9.17, 15) is 31.1 Å². The van der Waals surface area contributed by atoms with Crippen LogP contribution in [0.15, 0.2) is 48.8 Å². The van der Waals surface area contributed by atoms with E-state index in [1.165, 1.54) is 0 Å². The lowest BCUT2D eigenvalue weighted by atomic mass is 9.95. The largest absolute Gasteiger partial charge is 0.497 e.